The smallest absolute Gasteiger partial charge is 0.230 e. The Morgan fingerprint density at radius 2 is 2.22 bits per heavy atom. The molecule has 0 aromatic heterocycles. The summed E-state index contributed by atoms with van der Waals surface area (Å²) in [5.41, 5.74) is 0.648. The highest BCUT2D eigenvalue weighted by Gasteiger charge is 2.24. The second-order valence-electron chi connectivity index (χ2n) is 4.12. The Balaban J connectivity index is 2.10. The van der Waals surface area contributed by atoms with Gasteiger partial charge in [-0.3, -0.25) is 4.79 Å². The molecular formula is C13H17NO4. The number of anilines is 1. The van der Waals surface area contributed by atoms with Gasteiger partial charge in [-0.2, -0.15) is 0 Å². The molecule has 5 heteroatoms. The Labute approximate surface area is 106 Å². The number of benzene rings is 1. The van der Waals surface area contributed by atoms with Crippen molar-refractivity contribution in [2.45, 2.75) is 6.42 Å². The van der Waals surface area contributed by atoms with Crippen molar-refractivity contribution in [1.29, 1.82) is 0 Å². The molecule has 1 unspecified atom stereocenters. The van der Waals surface area contributed by atoms with Gasteiger partial charge in [-0.15, -0.1) is 0 Å². The highest BCUT2D eigenvalue weighted by Crippen LogP contribution is 2.29. The van der Waals surface area contributed by atoms with Gasteiger partial charge < -0.3 is 19.5 Å². The number of hydrogen-bond donors (Lipinski definition) is 1. The van der Waals surface area contributed by atoms with Gasteiger partial charge in [-0.05, 0) is 18.6 Å². The van der Waals surface area contributed by atoms with E-state index in [4.69, 9.17) is 14.2 Å². The average molecular weight is 251 g/mol. The number of ether oxygens (including phenoxy) is 3. The Morgan fingerprint density at radius 1 is 1.39 bits per heavy atom. The van der Waals surface area contributed by atoms with Crippen LogP contribution < -0.4 is 14.8 Å². The first kappa shape index (κ1) is 12.7. The van der Waals surface area contributed by atoms with Gasteiger partial charge in [0, 0.05) is 12.7 Å². The van der Waals surface area contributed by atoms with E-state index in [1.54, 1.807) is 32.4 Å². The zero-order chi connectivity index (χ0) is 13.0. The largest absolute Gasteiger partial charge is 0.497 e. The van der Waals surface area contributed by atoms with Gasteiger partial charge in [-0.25, -0.2) is 0 Å². The topological polar surface area (TPSA) is 56.8 Å². The van der Waals surface area contributed by atoms with E-state index in [1.165, 1.54) is 0 Å². The van der Waals surface area contributed by atoms with Gasteiger partial charge >= 0.3 is 0 Å². The summed E-state index contributed by atoms with van der Waals surface area (Å²) >= 11 is 0. The minimum absolute atomic E-state index is 0.0315. The highest BCUT2D eigenvalue weighted by molar-refractivity contribution is 5.94. The van der Waals surface area contributed by atoms with Gasteiger partial charge in [0.25, 0.3) is 0 Å². The van der Waals surface area contributed by atoms with Crippen molar-refractivity contribution < 1.29 is 19.0 Å². The molecule has 1 aliphatic rings. The van der Waals surface area contributed by atoms with Gasteiger partial charge in [0.1, 0.15) is 11.5 Å². The fourth-order valence-corrected chi connectivity index (χ4v) is 1.88. The zero-order valence-corrected chi connectivity index (χ0v) is 10.6. The lowest BCUT2D eigenvalue weighted by molar-refractivity contribution is -0.119. The third kappa shape index (κ3) is 2.73. The normalized spacial score (nSPS) is 18.4. The molecule has 2 rings (SSSR count). The van der Waals surface area contributed by atoms with E-state index in [-0.39, 0.29) is 11.8 Å². The molecule has 0 radical (unpaired) electrons. The fraction of sp³-hybridized carbons (Fsp3) is 0.462. The molecule has 1 N–H and O–H groups in total. The Bertz CT molecular complexity index is 427. The molecule has 0 bridgehead atoms. The Morgan fingerprint density at radius 3 is 2.83 bits per heavy atom. The van der Waals surface area contributed by atoms with Crippen molar-refractivity contribution in [2.24, 2.45) is 5.92 Å². The molecule has 1 fully saturated rings. The fourth-order valence-electron chi connectivity index (χ4n) is 1.88. The first-order valence-corrected chi connectivity index (χ1v) is 5.85. The van der Waals surface area contributed by atoms with Crippen LogP contribution >= 0.6 is 0 Å². The molecule has 0 spiro atoms. The van der Waals surface area contributed by atoms with Crippen LogP contribution in [0.5, 0.6) is 11.5 Å². The van der Waals surface area contributed by atoms with E-state index in [0.29, 0.717) is 30.4 Å². The van der Waals surface area contributed by atoms with Crippen LogP contribution in [0.1, 0.15) is 6.42 Å². The van der Waals surface area contributed by atoms with Gasteiger partial charge in [0.05, 0.1) is 32.4 Å². The van der Waals surface area contributed by atoms with E-state index in [0.717, 1.165) is 6.42 Å². The monoisotopic (exact) mass is 251 g/mol. The van der Waals surface area contributed by atoms with Crippen LogP contribution in [0.15, 0.2) is 18.2 Å². The van der Waals surface area contributed by atoms with Gasteiger partial charge in [0.2, 0.25) is 5.91 Å². The highest BCUT2D eigenvalue weighted by atomic mass is 16.5. The molecule has 1 amide bonds. The minimum atomic E-state index is -0.0724. The maximum absolute atomic E-state index is 12.0. The molecule has 18 heavy (non-hydrogen) atoms. The molecule has 0 aliphatic carbocycles. The van der Waals surface area contributed by atoms with Crippen LogP contribution in [-0.4, -0.2) is 33.3 Å². The van der Waals surface area contributed by atoms with Crippen LogP contribution in [-0.2, 0) is 9.53 Å². The van der Waals surface area contributed by atoms with Crippen molar-refractivity contribution in [3.63, 3.8) is 0 Å². The molecule has 98 valence electrons. The summed E-state index contributed by atoms with van der Waals surface area (Å²) in [6.07, 6.45) is 0.768. The van der Waals surface area contributed by atoms with Crippen LogP contribution in [0, 0.1) is 5.92 Å². The number of amides is 1. The molecule has 0 saturated carbocycles. The standard InChI is InChI=1S/C13H17NO4/c1-16-10-3-4-11(12(7-10)17-2)14-13(15)9-5-6-18-8-9/h3-4,7,9H,5-6,8H2,1-2H3,(H,14,15). The van der Waals surface area contributed by atoms with Crippen molar-refractivity contribution >= 4 is 11.6 Å². The number of carbonyl (C=O) groups is 1. The second-order valence-corrected chi connectivity index (χ2v) is 4.12. The van der Waals surface area contributed by atoms with E-state index in [2.05, 4.69) is 5.32 Å². The summed E-state index contributed by atoms with van der Waals surface area (Å²) in [7, 11) is 3.14. The van der Waals surface area contributed by atoms with Crippen molar-refractivity contribution in [2.75, 3.05) is 32.8 Å². The molecule has 1 aromatic rings. The van der Waals surface area contributed by atoms with Crippen molar-refractivity contribution in [3.05, 3.63) is 18.2 Å². The quantitative estimate of drug-likeness (QED) is 0.884. The lowest BCUT2D eigenvalue weighted by Crippen LogP contribution is -2.23. The summed E-state index contributed by atoms with van der Waals surface area (Å²) in [5, 5.41) is 2.86. The SMILES string of the molecule is COc1ccc(NC(=O)C2CCOC2)c(OC)c1. The minimum Gasteiger partial charge on any atom is -0.497 e. The first-order valence-electron chi connectivity index (χ1n) is 5.85. The van der Waals surface area contributed by atoms with Gasteiger partial charge in [-0.1, -0.05) is 0 Å². The molecule has 1 saturated heterocycles. The third-order valence-electron chi connectivity index (χ3n) is 2.97. The number of carbonyl (C=O) groups excluding carboxylic acids is 1. The van der Waals surface area contributed by atoms with Crippen LogP contribution in [0.3, 0.4) is 0 Å². The van der Waals surface area contributed by atoms with Crippen LogP contribution in [0.2, 0.25) is 0 Å². The second kappa shape index (κ2) is 5.73. The van der Waals surface area contributed by atoms with Crippen molar-refractivity contribution in [3.8, 4) is 11.5 Å². The summed E-state index contributed by atoms with van der Waals surface area (Å²) in [6.45, 7) is 1.14. The molecule has 1 heterocycles. The number of hydrogen-bond acceptors (Lipinski definition) is 4. The van der Waals surface area contributed by atoms with E-state index in [1.807, 2.05) is 0 Å². The molecule has 1 atom stereocenters. The molecule has 1 aromatic carbocycles. The number of rotatable bonds is 4. The number of methoxy groups -OCH3 is 2. The van der Waals surface area contributed by atoms with Crippen LogP contribution in [0.4, 0.5) is 5.69 Å². The van der Waals surface area contributed by atoms with Crippen molar-refractivity contribution in [1.82, 2.24) is 0 Å². The first-order chi connectivity index (χ1) is 8.74. The molecular weight excluding hydrogens is 234 g/mol. The van der Waals surface area contributed by atoms with E-state index < -0.39 is 0 Å². The lowest BCUT2D eigenvalue weighted by Gasteiger charge is -2.13. The summed E-state index contributed by atoms with van der Waals surface area (Å²) in [4.78, 5) is 12.0. The van der Waals surface area contributed by atoms with E-state index >= 15 is 0 Å². The summed E-state index contributed by atoms with van der Waals surface area (Å²) in [6, 6.07) is 5.29. The average Bonchev–Trinajstić information content (AvgIpc) is 2.93. The summed E-state index contributed by atoms with van der Waals surface area (Å²) in [5.74, 6) is 1.17. The third-order valence-corrected chi connectivity index (χ3v) is 2.97. The summed E-state index contributed by atoms with van der Waals surface area (Å²) < 4.78 is 15.5. The maximum Gasteiger partial charge on any atom is 0.230 e. The Kier molecular flexibility index (Phi) is 4.04. The molecule has 5 nitrogen and oxygen atoms in total. The molecule has 1 aliphatic heterocycles. The predicted molar refractivity (Wildman–Crippen MR) is 67.1 cm³/mol. The van der Waals surface area contributed by atoms with Gasteiger partial charge in [0.15, 0.2) is 0 Å². The maximum atomic E-state index is 12.0. The zero-order valence-electron chi connectivity index (χ0n) is 10.6. The Hall–Kier alpha value is -1.75. The predicted octanol–water partition coefficient (Wildman–Crippen LogP) is 1.68. The number of nitrogens with one attached hydrogen (secondary N) is 1. The lowest BCUT2D eigenvalue weighted by atomic mass is 10.1. The van der Waals surface area contributed by atoms with E-state index in [9.17, 15) is 4.79 Å². The van der Waals surface area contributed by atoms with Crippen LogP contribution in [0.25, 0.3) is 0 Å².